The minimum absolute atomic E-state index is 0.0923. The van der Waals surface area contributed by atoms with Crippen LogP contribution < -0.4 is 31.5 Å². The summed E-state index contributed by atoms with van der Waals surface area (Å²) in [4.78, 5) is 77.8. The fourth-order valence-electron chi connectivity index (χ4n) is 4.97. The van der Waals surface area contributed by atoms with Crippen LogP contribution in [0, 0.1) is 17.8 Å². The zero-order valence-corrected chi connectivity index (χ0v) is 27.7. The molecule has 1 aliphatic rings. The van der Waals surface area contributed by atoms with Gasteiger partial charge in [0.05, 0.1) is 25.3 Å². The van der Waals surface area contributed by atoms with Crippen LogP contribution in [0.2, 0.25) is 0 Å². The summed E-state index contributed by atoms with van der Waals surface area (Å²) >= 11 is 0. The zero-order chi connectivity index (χ0) is 35.3. The molecule has 4 rings (SSSR count). The van der Waals surface area contributed by atoms with E-state index < -0.39 is 54.7 Å². The minimum Gasteiger partial charge on any atom is -0.347 e. The number of amides is 6. The standard InChI is InChI=1S/C37H40N6O6/c1-24(2)35(37(49)40-25(3)36(48)41-29-14-5-4-6-15-29)42-33(46)22-39-32(45)21-38-31(44)19-20-34(47)43-23-28-13-8-7-11-26(28)17-18-27-12-9-10-16-30(27)43/h4-16,24-25,35H,19-23H2,1-3H3,(H,38,44)(H,39,45)(H,40,49)(H,41,48)(H,42,46)/t25-,35-/m0/s1. The van der Waals surface area contributed by atoms with E-state index in [0.717, 1.165) is 11.1 Å². The molecule has 0 unspecified atom stereocenters. The number of anilines is 2. The van der Waals surface area contributed by atoms with Gasteiger partial charge in [0.25, 0.3) is 0 Å². The minimum atomic E-state index is -0.963. The fraction of sp³-hybridized carbons (Fsp3) is 0.297. The summed E-state index contributed by atoms with van der Waals surface area (Å²) in [5.41, 5.74) is 3.67. The van der Waals surface area contributed by atoms with Crippen LogP contribution in [0.1, 0.15) is 50.3 Å². The maximum Gasteiger partial charge on any atom is 0.246 e. The molecule has 0 spiro atoms. The lowest BCUT2D eigenvalue weighted by molar-refractivity contribution is -0.132. The first-order valence-corrected chi connectivity index (χ1v) is 16.0. The molecular weight excluding hydrogens is 624 g/mol. The summed E-state index contributed by atoms with van der Waals surface area (Å²) in [6.07, 6.45) is -0.240. The molecule has 5 N–H and O–H groups in total. The molecule has 0 aliphatic carbocycles. The molecule has 0 aromatic heterocycles. The summed E-state index contributed by atoms with van der Waals surface area (Å²) < 4.78 is 0. The molecule has 6 amide bonds. The third-order valence-corrected chi connectivity index (χ3v) is 7.69. The second kappa shape index (κ2) is 17.3. The van der Waals surface area contributed by atoms with Crippen LogP contribution in [-0.4, -0.2) is 60.6 Å². The van der Waals surface area contributed by atoms with Crippen LogP contribution in [0.15, 0.2) is 78.9 Å². The summed E-state index contributed by atoms with van der Waals surface area (Å²) in [6, 6.07) is 21.9. The van der Waals surface area contributed by atoms with Crippen LogP contribution in [0.4, 0.5) is 11.4 Å². The number of nitrogens with one attached hydrogen (secondary N) is 5. The van der Waals surface area contributed by atoms with E-state index in [1.54, 1.807) is 43.0 Å². The number of para-hydroxylation sites is 2. The van der Waals surface area contributed by atoms with Crippen molar-refractivity contribution in [3.8, 4) is 11.8 Å². The Morgan fingerprint density at radius 1 is 0.673 bits per heavy atom. The van der Waals surface area contributed by atoms with Gasteiger partial charge in [-0.15, -0.1) is 0 Å². The lowest BCUT2D eigenvalue weighted by Gasteiger charge is -2.26. The second-order valence-corrected chi connectivity index (χ2v) is 11.8. The number of hydrogen-bond donors (Lipinski definition) is 5. The van der Waals surface area contributed by atoms with Crippen molar-refractivity contribution in [3.05, 3.63) is 95.6 Å². The number of nitrogens with zero attached hydrogens (tertiary/aromatic N) is 1. The molecule has 0 radical (unpaired) electrons. The van der Waals surface area contributed by atoms with Crippen LogP contribution in [0.5, 0.6) is 0 Å². The Hall–Kier alpha value is -5.96. The molecule has 3 aromatic rings. The van der Waals surface area contributed by atoms with E-state index >= 15 is 0 Å². The van der Waals surface area contributed by atoms with Crippen molar-refractivity contribution in [1.29, 1.82) is 0 Å². The normalized spacial score (nSPS) is 12.7. The van der Waals surface area contributed by atoms with E-state index in [4.69, 9.17) is 0 Å². The fourth-order valence-corrected chi connectivity index (χ4v) is 4.97. The predicted molar refractivity (Wildman–Crippen MR) is 185 cm³/mol. The van der Waals surface area contributed by atoms with Gasteiger partial charge in [-0.25, -0.2) is 0 Å². The molecule has 254 valence electrons. The van der Waals surface area contributed by atoms with Gasteiger partial charge in [0.2, 0.25) is 35.4 Å². The highest BCUT2D eigenvalue weighted by Gasteiger charge is 2.27. The second-order valence-electron chi connectivity index (χ2n) is 11.8. The largest absolute Gasteiger partial charge is 0.347 e. The Morgan fingerprint density at radius 3 is 2.02 bits per heavy atom. The maximum atomic E-state index is 13.3. The molecule has 12 heteroatoms. The number of rotatable bonds is 13. The van der Waals surface area contributed by atoms with E-state index in [0.29, 0.717) is 23.5 Å². The van der Waals surface area contributed by atoms with Gasteiger partial charge in [0.15, 0.2) is 0 Å². The Labute approximate surface area is 285 Å². The average molecular weight is 665 g/mol. The summed E-state index contributed by atoms with van der Waals surface area (Å²) in [5, 5.41) is 12.8. The van der Waals surface area contributed by atoms with Crippen molar-refractivity contribution >= 4 is 46.8 Å². The SMILES string of the molecule is CC(C)[C@H](NC(=O)CNC(=O)CNC(=O)CCC(=O)N1Cc2ccccc2C#Cc2ccccc21)C(=O)N[C@@H](C)C(=O)Nc1ccccc1. The van der Waals surface area contributed by atoms with Crippen molar-refractivity contribution in [2.75, 3.05) is 23.3 Å². The number of carbonyl (C=O) groups excluding carboxylic acids is 6. The van der Waals surface area contributed by atoms with Crippen molar-refractivity contribution < 1.29 is 28.8 Å². The van der Waals surface area contributed by atoms with Gasteiger partial charge >= 0.3 is 0 Å². The topological polar surface area (TPSA) is 166 Å². The predicted octanol–water partition coefficient (Wildman–Crippen LogP) is 2.23. The molecule has 1 aliphatic heterocycles. The molecule has 1 heterocycles. The van der Waals surface area contributed by atoms with E-state index in [1.807, 2.05) is 54.6 Å². The van der Waals surface area contributed by atoms with Crippen molar-refractivity contribution in [1.82, 2.24) is 21.3 Å². The van der Waals surface area contributed by atoms with Gasteiger partial charge in [-0.3, -0.25) is 28.8 Å². The first kappa shape index (κ1) is 35.9. The first-order chi connectivity index (χ1) is 23.5. The quantitative estimate of drug-likeness (QED) is 0.176. The number of fused-ring (bicyclic) bond motifs is 2. The molecular formula is C37H40N6O6. The summed E-state index contributed by atoms with van der Waals surface area (Å²) in [5.74, 6) is 2.99. The van der Waals surface area contributed by atoms with Gasteiger partial charge in [-0.2, -0.15) is 0 Å². The molecule has 12 nitrogen and oxygen atoms in total. The molecule has 0 saturated heterocycles. The van der Waals surface area contributed by atoms with E-state index in [9.17, 15) is 28.8 Å². The van der Waals surface area contributed by atoms with Gasteiger partial charge in [0, 0.05) is 29.7 Å². The highest BCUT2D eigenvalue weighted by atomic mass is 16.2. The molecule has 0 fully saturated rings. The Kier molecular flexibility index (Phi) is 12.6. The Balaban J connectivity index is 1.20. The monoisotopic (exact) mass is 664 g/mol. The Morgan fingerprint density at radius 2 is 1.29 bits per heavy atom. The number of benzene rings is 3. The zero-order valence-electron chi connectivity index (χ0n) is 27.7. The van der Waals surface area contributed by atoms with Crippen molar-refractivity contribution in [3.63, 3.8) is 0 Å². The van der Waals surface area contributed by atoms with Gasteiger partial charge in [-0.05, 0) is 48.7 Å². The lowest BCUT2D eigenvalue weighted by atomic mass is 10.0. The molecule has 49 heavy (non-hydrogen) atoms. The van der Waals surface area contributed by atoms with E-state index in [-0.39, 0.29) is 24.7 Å². The van der Waals surface area contributed by atoms with Crippen molar-refractivity contribution in [2.24, 2.45) is 5.92 Å². The highest BCUT2D eigenvalue weighted by molar-refractivity contribution is 5.99. The van der Waals surface area contributed by atoms with E-state index in [2.05, 4.69) is 38.4 Å². The third kappa shape index (κ3) is 10.5. The number of carbonyl (C=O) groups is 6. The molecule has 2 atom stereocenters. The Bertz CT molecular complexity index is 1760. The first-order valence-electron chi connectivity index (χ1n) is 16.0. The highest BCUT2D eigenvalue weighted by Crippen LogP contribution is 2.26. The molecule has 0 bridgehead atoms. The van der Waals surface area contributed by atoms with Gasteiger partial charge < -0.3 is 31.5 Å². The van der Waals surface area contributed by atoms with Crippen LogP contribution in [0.25, 0.3) is 0 Å². The van der Waals surface area contributed by atoms with E-state index in [1.165, 1.54) is 6.92 Å². The molecule has 0 saturated carbocycles. The van der Waals surface area contributed by atoms with Crippen LogP contribution >= 0.6 is 0 Å². The van der Waals surface area contributed by atoms with Crippen LogP contribution in [0.3, 0.4) is 0 Å². The third-order valence-electron chi connectivity index (χ3n) is 7.69. The summed E-state index contributed by atoms with van der Waals surface area (Å²) in [6.45, 7) is 4.46. The summed E-state index contributed by atoms with van der Waals surface area (Å²) in [7, 11) is 0. The average Bonchev–Trinajstić information content (AvgIpc) is 3.08. The van der Waals surface area contributed by atoms with Crippen LogP contribution in [-0.2, 0) is 35.3 Å². The lowest BCUT2D eigenvalue weighted by Crippen LogP contribution is -2.55. The smallest absolute Gasteiger partial charge is 0.246 e. The number of hydrogen-bond acceptors (Lipinski definition) is 6. The van der Waals surface area contributed by atoms with Gasteiger partial charge in [-0.1, -0.05) is 74.2 Å². The van der Waals surface area contributed by atoms with Gasteiger partial charge in [0.1, 0.15) is 12.1 Å². The maximum absolute atomic E-state index is 13.3. The molecule has 3 aromatic carbocycles. The van der Waals surface area contributed by atoms with Crippen molar-refractivity contribution in [2.45, 2.75) is 52.2 Å².